The molecule has 2 heterocycles. The summed E-state index contributed by atoms with van der Waals surface area (Å²) in [5, 5.41) is 8.88. The Morgan fingerprint density at radius 3 is 2.19 bits per heavy atom. The highest BCUT2D eigenvalue weighted by atomic mass is 32.2. The molecule has 11 heteroatoms. The van der Waals surface area contributed by atoms with E-state index < -0.39 is 20.0 Å². The molecule has 1 fully saturated rings. The maximum absolute atomic E-state index is 12.9. The van der Waals surface area contributed by atoms with Gasteiger partial charge in [-0.1, -0.05) is 13.3 Å². The average molecular weight is 478 g/mol. The lowest BCUT2D eigenvalue weighted by molar-refractivity contribution is 0.384. The lowest BCUT2D eigenvalue weighted by Crippen LogP contribution is -2.48. The van der Waals surface area contributed by atoms with Gasteiger partial charge in [0.25, 0.3) is 0 Å². The number of nitrogens with one attached hydrogen (secondary N) is 1. The van der Waals surface area contributed by atoms with E-state index in [2.05, 4.69) is 9.71 Å². The molecule has 1 aliphatic heterocycles. The van der Waals surface area contributed by atoms with E-state index in [0.717, 1.165) is 12.8 Å². The first-order valence-corrected chi connectivity index (χ1v) is 13.3. The van der Waals surface area contributed by atoms with Crippen LogP contribution in [0.25, 0.3) is 0 Å². The van der Waals surface area contributed by atoms with Crippen LogP contribution in [0.1, 0.15) is 32.3 Å². The standard InChI is InChI=1S/C21H27N5O4S2/c1-3-4-17(2)24-31(27,28)20-9-10-21(23-16-20)25-11-13-26(14-12-25)32(29,30)19-7-5-18(15-22)6-8-19/h5-10,16-17,24H,3-4,11-14H2,1-2H3. The highest BCUT2D eigenvalue weighted by Crippen LogP contribution is 2.21. The van der Waals surface area contributed by atoms with Crippen molar-refractivity contribution in [1.29, 1.82) is 5.26 Å². The number of hydrogen-bond donors (Lipinski definition) is 1. The number of sulfonamides is 2. The number of hydrogen-bond acceptors (Lipinski definition) is 7. The SMILES string of the molecule is CCCC(C)NS(=O)(=O)c1ccc(N2CCN(S(=O)(=O)c3ccc(C#N)cc3)CC2)nc1. The molecule has 1 aromatic carbocycles. The first-order chi connectivity index (χ1) is 15.2. The second-order valence-electron chi connectivity index (χ2n) is 7.69. The van der Waals surface area contributed by atoms with Gasteiger partial charge in [-0.2, -0.15) is 9.57 Å². The van der Waals surface area contributed by atoms with E-state index in [1.807, 2.05) is 24.8 Å². The van der Waals surface area contributed by atoms with Crippen LogP contribution in [-0.4, -0.2) is 58.3 Å². The molecule has 2 aromatic rings. The Hall–Kier alpha value is -2.52. The fourth-order valence-corrected chi connectivity index (χ4v) is 6.20. The Morgan fingerprint density at radius 2 is 1.66 bits per heavy atom. The molecule has 1 atom stereocenters. The minimum absolute atomic E-state index is 0.103. The number of piperazine rings is 1. The summed E-state index contributed by atoms with van der Waals surface area (Å²) in [5.74, 6) is 0.598. The Kier molecular flexibility index (Phi) is 7.51. The van der Waals surface area contributed by atoms with E-state index in [9.17, 15) is 16.8 Å². The lowest BCUT2D eigenvalue weighted by atomic mass is 10.2. The van der Waals surface area contributed by atoms with Crippen LogP contribution in [0.2, 0.25) is 0 Å². The molecule has 1 N–H and O–H groups in total. The first-order valence-electron chi connectivity index (χ1n) is 10.4. The smallest absolute Gasteiger partial charge is 0.243 e. The van der Waals surface area contributed by atoms with Crippen LogP contribution < -0.4 is 9.62 Å². The summed E-state index contributed by atoms with van der Waals surface area (Å²) in [6.45, 7) is 5.24. The van der Waals surface area contributed by atoms with E-state index in [1.165, 1.54) is 40.8 Å². The van der Waals surface area contributed by atoms with Crippen molar-refractivity contribution in [3.63, 3.8) is 0 Å². The molecular formula is C21H27N5O4S2. The predicted molar refractivity (Wildman–Crippen MR) is 121 cm³/mol. The minimum atomic E-state index is -3.65. The molecule has 1 saturated heterocycles. The molecule has 1 unspecified atom stereocenters. The molecule has 0 amide bonds. The molecular weight excluding hydrogens is 450 g/mol. The average Bonchev–Trinajstić information content (AvgIpc) is 2.79. The van der Waals surface area contributed by atoms with E-state index in [1.54, 1.807) is 6.07 Å². The van der Waals surface area contributed by atoms with Gasteiger partial charge in [0.05, 0.1) is 16.5 Å². The largest absolute Gasteiger partial charge is 0.354 e. The van der Waals surface area contributed by atoms with Crippen molar-refractivity contribution in [2.45, 2.75) is 42.5 Å². The Balaban J connectivity index is 1.64. The van der Waals surface area contributed by atoms with Gasteiger partial charge in [-0.15, -0.1) is 0 Å². The number of pyridine rings is 1. The van der Waals surface area contributed by atoms with Crippen LogP contribution in [0, 0.1) is 11.3 Å². The topological polar surface area (TPSA) is 123 Å². The van der Waals surface area contributed by atoms with Crippen LogP contribution in [0.3, 0.4) is 0 Å². The molecule has 1 aliphatic rings. The number of aromatic nitrogens is 1. The van der Waals surface area contributed by atoms with E-state index in [0.29, 0.717) is 24.5 Å². The van der Waals surface area contributed by atoms with Crippen LogP contribution in [0.4, 0.5) is 5.82 Å². The van der Waals surface area contributed by atoms with Gasteiger partial charge < -0.3 is 4.90 Å². The van der Waals surface area contributed by atoms with Crippen molar-refractivity contribution in [2.24, 2.45) is 0 Å². The summed E-state index contributed by atoms with van der Waals surface area (Å²) in [4.78, 5) is 6.48. The van der Waals surface area contributed by atoms with Crippen molar-refractivity contribution in [1.82, 2.24) is 14.0 Å². The molecule has 0 bridgehead atoms. The molecule has 32 heavy (non-hydrogen) atoms. The molecule has 0 spiro atoms. The second-order valence-corrected chi connectivity index (χ2v) is 11.3. The molecule has 0 aliphatic carbocycles. The van der Waals surface area contributed by atoms with Crippen LogP contribution in [-0.2, 0) is 20.0 Å². The molecule has 3 rings (SSSR count). The van der Waals surface area contributed by atoms with Gasteiger partial charge in [-0.05, 0) is 49.7 Å². The second kappa shape index (κ2) is 9.95. The quantitative estimate of drug-likeness (QED) is 0.616. The van der Waals surface area contributed by atoms with Crippen LogP contribution >= 0.6 is 0 Å². The number of rotatable bonds is 8. The summed E-state index contributed by atoms with van der Waals surface area (Å²) in [6, 6.07) is 10.8. The zero-order valence-corrected chi connectivity index (χ0v) is 19.7. The molecule has 172 valence electrons. The highest BCUT2D eigenvalue weighted by molar-refractivity contribution is 7.89. The highest BCUT2D eigenvalue weighted by Gasteiger charge is 2.29. The lowest BCUT2D eigenvalue weighted by Gasteiger charge is -2.34. The third-order valence-electron chi connectivity index (χ3n) is 5.29. The first kappa shape index (κ1) is 24.1. The Labute approximate surface area is 189 Å². The van der Waals surface area contributed by atoms with Gasteiger partial charge >= 0.3 is 0 Å². The zero-order chi connectivity index (χ0) is 23.4. The third kappa shape index (κ3) is 5.45. The van der Waals surface area contributed by atoms with E-state index >= 15 is 0 Å². The van der Waals surface area contributed by atoms with Gasteiger partial charge in [0.15, 0.2) is 0 Å². The van der Waals surface area contributed by atoms with Crippen LogP contribution in [0.15, 0.2) is 52.4 Å². The van der Waals surface area contributed by atoms with Gasteiger partial charge in [-0.3, -0.25) is 0 Å². The summed E-state index contributed by atoms with van der Waals surface area (Å²) in [5.41, 5.74) is 0.403. The molecule has 9 nitrogen and oxygen atoms in total. The maximum Gasteiger partial charge on any atom is 0.243 e. The minimum Gasteiger partial charge on any atom is -0.354 e. The summed E-state index contributed by atoms with van der Waals surface area (Å²) >= 11 is 0. The number of nitrogens with zero attached hydrogens (tertiary/aromatic N) is 4. The zero-order valence-electron chi connectivity index (χ0n) is 18.1. The van der Waals surface area contributed by atoms with E-state index in [-0.39, 0.29) is 28.9 Å². The molecule has 0 radical (unpaired) electrons. The number of nitriles is 1. The van der Waals surface area contributed by atoms with Crippen molar-refractivity contribution in [3.8, 4) is 6.07 Å². The van der Waals surface area contributed by atoms with E-state index in [4.69, 9.17) is 5.26 Å². The fourth-order valence-electron chi connectivity index (χ4n) is 3.55. The predicted octanol–water partition coefficient (Wildman–Crippen LogP) is 1.93. The summed E-state index contributed by atoms with van der Waals surface area (Å²) in [7, 11) is -7.28. The van der Waals surface area contributed by atoms with Crippen LogP contribution in [0.5, 0.6) is 0 Å². The molecule has 0 saturated carbocycles. The van der Waals surface area contributed by atoms with Gasteiger partial charge in [0.1, 0.15) is 10.7 Å². The van der Waals surface area contributed by atoms with Crippen molar-refractivity contribution in [3.05, 3.63) is 48.2 Å². The maximum atomic E-state index is 12.9. The van der Waals surface area contributed by atoms with Gasteiger partial charge in [0.2, 0.25) is 20.0 Å². The monoisotopic (exact) mass is 477 g/mol. The summed E-state index contributed by atoms with van der Waals surface area (Å²) < 4.78 is 54.7. The Bertz CT molecular complexity index is 1170. The van der Waals surface area contributed by atoms with Crippen molar-refractivity contribution in [2.75, 3.05) is 31.1 Å². The fraction of sp³-hybridized carbons (Fsp3) is 0.429. The normalized spacial score (nSPS) is 16.5. The third-order valence-corrected chi connectivity index (χ3v) is 8.78. The Morgan fingerprint density at radius 1 is 1.03 bits per heavy atom. The van der Waals surface area contributed by atoms with Gasteiger partial charge in [0, 0.05) is 38.4 Å². The van der Waals surface area contributed by atoms with Crippen molar-refractivity contribution >= 4 is 25.9 Å². The van der Waals surface area contributed by atoms with Gasteiger partial charge in [-0.25, -0.2) is 26.5 Å². The van der Waals surface area contributed by atoms with Crippen molar-refractivity contribution < 1.29 is 16.8 Å². The number of benzene rings is 1. The number of anilines is 1. The molecule has 1 aromatic heterocycles. The summed E-state index contributed by atoms with van der Waals surface area (Å²) in [6.07, 6.45) is 2.96.